The SMILES string of the molecule is CCOC(=O)CCCNc1ccncc1. The Bertz CT molecular complexity index is 288. The van der Waals surface area contributed by atoms with Gasteiger partial charge in [-0.15, -0.1) is 0 Å². The highest BCUT2D eigenvalue weighted by Gasteiger charge is 2.00. The molecule has 0 amide bonds. The largest absolute Gasteiger partial charge is 0.466 e. The zero-order chi connectivity index (χ0) is 10.9. The summed E-state index contributed by atoms with van der Waals surface area (Å²) in [5.41, 5.74) is 1.02. The van der Waals surface area contributed by atoms with E-state index in [-0.39, 0.29) is 5.97 Å². The van der Waals surface area contributed by atoms with Crippen LogP contribution in [0.15, 0.2) is 24.5 Å². The van der Waals surface area contributed by atoms with Crippen LogP contribution in [0.1, 0.15) is 19.8 Å². The summed E-state index contributed by atoms with van der Waals surface area (Å²) in [6.45, 7) is 3.03. The number of ether oxygens (including phenoxy) is 1. The van der Waals surface area contributed by atoms with Crippen molar-refractivity contribution in [2.24, 2.45) is 0 Å². The van der Waals surface area contributed by atoms with Crippen LogP contribution >= 0.6 is 0 Å². The van der Waals surface area contributed by atoms with E-state index in [0.717, 1.165) is 18.7 Å². The number of rotatable bonds is 6. The minimum atomic E-state index is -0.131. The van der Waals surface area contributed by atoms with E-state index < -0.39 is 0 Å². The van der Waals surface area contributed by atoms with Gasteiger partial charge in [-0.25, -0.2) is 0 Å². The van der Waals surface area contributed by atoms with Crippen LogP contribution in [-0.2, 0) is 9.53 Å². The van der Waals surface area contributed by atoms with Gasteiger partial charge in [-0.1, -0.05) is 0 Å². The Hall–Kier alpha value is -1.58. The van der Waals surface area contributed by atoms with E-state index in [9.17, 15) is 4.79 Å². The van der Waals surface area contributed by atoms with Crippen molar-refractivity contribution in [3.63, 3.8) is 0 Å². The lowest BCUT2D eigenvalue weighted by Gasteiger charge is -2.05. The van der Waals surface area contributed by atoms with E-state index in [1.54, 1.807) is 12.4 Å². The molecule has 0 spiro atoms. The third-order valence-corrected chi connectivity index (χ3v) is 1.87. The Morgan fingerprint density at radius 3 is 2.87 bits per heavy atom. The van der Waals surface area contributed by atoms with E-state index in [0.29, 0.717) is 13.0 Å². The summed E-state index contributed by atoms with van der Waals surface area (Å²) >= 11 is 0. The number of anilines is 1. The maximum absolute atomic E-state index is 11.0. The minimum absolute atomic E-state index is 0.131. The molecule has 0 atom stereocenters. The van der Waals surface area contributed by atoms with Crippen molar-refractivity contribution in [3.05, 3.63) is 24.5 Å². The molecule has 1 aromatic rings. The van der Waals surface area contributed by atoms with E-state index in [4.69, 9.17) is 4.74 Å². The second kappa shape index (κ2) is 6.81. The van der Waals surface area contributed by atoms with Gasteiger partial charge in [0.25, 0.3) is 0 Å². The second-order valence-electron chi connectivity index (χ2n) is 3.07. The van der Waals surface area contributed by atoms with Crippen molar-refractivity contribution in [2.45, 2.75) is 19.8 Å². The molecule has 0 bridgehead atoms. The fourth-order valence-electron chi connectivity index (χ4n) is 1.17. The lowest BCUT2D eigenvalue weighted by Crippen LogP contribution is -2.08. The zero-order valence-electron chi connectivity index (χ0n) is 8.90. The van der Waals surface area contributed by atoms with Crippen LogP contribution in [-0.4, -0.2) is 24.1 Å². The van der Waals surface area contributed by atoms with Crippen LogP contribution in [0.2, 0.25) is 0 Å². The van der Waals surface area contributed by atoms with Gasteiger partial charge in [0.2, 0.25) is 0 Å². The smallest absolute Gasteiger partial charge is 0.305 e. The first-order valence-corrected chi connectivity index (χ1v) is 5.12. The predicted molar refractivity (Wildman–Crippen MR) is 58.6 cm³/mol. The van der Waals surface area contributed by atoms with Crippen LogP contribution in [0.5, 0.6) is 0 Å². The maximum atomic E-state index is 11.0. The molecule has 0 unspecified atom stereocenters. The topological polar surface area (TPSA) is 51.2 Å². The van der Waals surface area contributed by atoms with Crippen LogP contribution < -0.4 is 5.32 Å². The molecule has 0 aliphatic rings. The number of carbonyl (C=O) groups excluding carboxylic acids is 1. The maximum Gasteiger partial charge on any atom is 0.305 e. The van der Waals surface area contributed by atoms with Crippen molar-refractivity contribution in [3.8, 4) is 0 Å². The fourth-order valence-corrected chi connectivity index (χ4v) is 1.17. The number of aromatic nitrogens is 1. The summed E-state index contributed by atoms with van der Waals surface area (Å²) in [4.78, 5) is 14.9. The lowest BCUT2D eigenvalue weighted by atomic mass is 10.3. The molecule has 82 valence electrons. The summed E-state index contributed by atoms with van der Waals surface area (Å²) in [7, 11) is 0. The molecule has 0 aliphatic carbocycles. The van der Waals surface area contributed by atoms with Gasteiger partial charge < -0.3 is 10.1 Å². The third-order valence-electron chi connectivity index (χ3n) is 1.87. The zero-order valence-corrected chi connectivity index (χ0v) is 8.90. The number of esters is 1. The highest BCUT2D eigenvalue weighted by Crippen LogP contribution is 2.03. The number of pyridine rings is 1. The van der Waals surface area contributed by atoms with E-state index in [1.165, 1.54) is 0 Å². The van der Waals surface area contributed by atoms with Crippen LogP contribution in [0.3, 0.4) is 0 Å². The quantitative estimate of drug-likeness (QED) is 0.572. The molecule has 1 N–H and O–H groups in total. The third kappa shape index (κ3) is 5.00. The Balaban J connectivity index is 2.10. The van der Waals surface area contributed by atoms with Gasteiger partial charge in [0.1, 0.15) is 0 Å². The van der Waals surface area contributed by atoms with Gasteiger partial charge in [0.15, 0.2) is 0 Å². The minimum Gasteiger partial charge on any atom is -0.466 e. The Morgan fingerprint density at radius 1 is 1.47 bits per heavy atom. The van der Waals surface area contributed by atoms with Crippen molar-refractivity contribution >= 4 is 11.7 Å². The van der Waals surface area contributed by atoms with Gasteiger partial charge in [0, 0.05) is 31.0 Å². The number of nitrogens with one attached hydrogen (secondary N) is 1. The van der Waals surface area contributed by atoms with Crippen molar-refractivity contribution < 1.29 is 9.53 Å². The number of hydrogen-bond acceptors (Lipinski definition) is 4. The highest BCUT2D eigenvalue weighted by atomic mass is 16.5. The first-order valence-electron chi connectivity index (χ1n) is 5.12. The molecule has 0 aromatic carbocycles. The molecule has 15 heavy (non-hydrogen) atoms. The molecular formula is C11H16N2O2. The predicted octanol–water partition coefficient (Wildman–Crippen LogP) is 1.84. The highest BCUT2D eigenvalue weighted by molar-refractivity contribution is 5.69. The molecule has 0 saturated carbocycles. The molecule has 1 aromatic heterocycles. The van der Waals surface area contributed by atoms with Gasteiger partial charge in [-0.05, 0) is 25.5 Å². The Kier molecular flexibility index (Phi) is 5.22. The van der Waals surface area contributed by atoms with Crippen molar-refractivity contribution in [1.82, 2.24) is 4.98 Å². The van der Waals surface area contributed by atoms with Crippen LogP contribution in [0.4, 0.5) is 5.69 Å². The van der Waals surface area contributed by atoms with Crippen molar-refractivity contribution in [1.29, 1.82) is 0 Å². The van der Waals surface area contributed by atoms with Gasteiger partial charge in [0.05, 0.1) is 6.61 Å². The number of nitrogens with zero attached hydrogens (tertiary/aromatic N) is 1. The summed E-state index contributed by atoms with van der Waals surface area (Å²) in [6.07, 6.45) is 4.70. The molecule has 0 radical (unpaired) electrons. The van der Waals surface area contributed by atoms with Gasteiger partial charge in [-0.2, -0.15) is 0 Å². The average Bonchev–Trinajstić information content (AvgIpc) is 2.26. The summed E-state index contributed by atoms with van der Waals surface area (Å²) in [5.74, 6) is -0.131. The number of carbonyl (C=O) groups is 1. The normalized spacial score (nSPS) is 9.67. The van der Waals surface area contributed by atoms with Crippen LogP contribution in [0, 0.1) is 0 Å². The molecule has 1 heterocycles. The molecule has 4 nitrogen and oxygen atoms in total. The molecular weight excluding hydrogens is 192 g/mol. The van der Waals surface area contributed by atoms with E-state index in [1.807, 2.05) is 19.1 Å². The fraction of sp³-hybridized carbons (Fsp3) is 0.455. The molecule has 1 rings (SSSR count). The van der Waals surface area contributed by atoms with Gasteiger partial charge >= 0.3 is 5.97 Å². The second-order valence-corrected chi connectivity index (χ2v) is 3.07. The summed E-state index contributed by atoms with van der Waals surface area (Å²) in [5, 5.41) is 3.19. The van der Waals surface area contributed by atoms with Gasteiger partial charge in [-0.3, -0.25) is 9.78 Å². The molecule has 0 aliphatic heterocycles. The van der Waals surface area contributed by atoms with Crippen LogP contribution in [0.25, 0.3) is 0 Å². The van der Waals surface area contributed by atoms with E-state index in [2.05, 4.69) is 10.3 Å². The van der Waals surface area contributed by atoms with E-state index >= 15 is 0 Å². The molecule has 4 heteroatoms. The molecule has 0 fully saturated rings. The number of hydrogen-bond donors (Lipinski definition) is 1. The first-order chi connectivity index (χ1) is 7.33. The Morgan fingerprint density at radius 2 is 2.20 bits per heavy atom. The summed E-state index contributed by atoms with van der Waals surface area (Å²) in [6, 6.07) is 3.79. The first kappa shape index (κ1) is 11.5. The monoisotopic (exact) mass is 208 g/mol. The molecule has 0 saturated heterocycles. The average molecular weight is 208 g/mol. The lowest BCUT2D eigenvalue weighted by molar-refractivity contribution is -0.143. The summed E-state index contributed by atoms with van der Waals surface area (Å²) < 4.78 is 4.82. The standard InChI is InChI=1S/C11H16N2O2/c1-2-15-11(14)4-3-7-13-10-5-8-12-9-6-10/h5-6,8-9H,2-4,7H2,1H3,(H,12,13). The Labute approximate surface area is 89.7 Å². The van der Waals surface area contributed by atoms with Crippen molar-refractivity contribution in [2.75, 3.05) is 18.5 Å².